The number of carbonyl (C=O) groups is 1. The summed E-state index contributed by atoms with van der Waals surface area (Å²) >= 11 is 0. The summed E-state index contributed by atoms with van der Waals surface area (Å²) < 4.78 is 10.5. The lowest BCUT2D eigenvalue weighted by atomic mass is 9.99. The molecule has 0 saturated carbocycles. The van der Waals surface area contributed by atoms with E-state index in [0.717, 1.165) is 37.2 Å². The Hall–Kier alpha value is -1.30. The van der Waals surface area contributed by atoms with Crippen LogP contribution in [0.15, 0.2) is 24.3 Å². The summed E-state index contributed by atoms with van der Waals surface area (Å²) in [5.74, 6) is 1.03. The minimum atomic E-state index is 0. The Labute approximate surface area is 138 Å². The molecule has 22 heavy (non-hydrogen) atoms. The Bertz CT molecular complexity index is 451. The topological polar surface area (TPSA) is 59.6 Å². The van der Waals surface area contributed by atoms with Crippen LogP contribution in [0.2, 0.25) is 0 Å². The smallest absolute Gasteiger partial charge is 0.224 e. The van der Waals surface area contributed by atoms with Crippen molar-refractivity contribution >= 4 is 18.3 Å². The number of rotatable bonds is 7. The molecule has 0 radical (unpaired) electrons. The van der Waals surface area contributed by atoms with Crippen molar-refractivity contribution in [2.75, 3.05) is 33.4 Å². The van der Waals surface area contributed by atoms with E-state index in [4.69, 9.17) is 9.47 Å². The van der Waals surface area contributed by atoms with E-state index in [9.17, 15) is 4.79 Å². The molecule has 124 valence electrons. The van der Waals surface area contributed by atoms with E-state index in [2.05, 4.69) is 10.6 Å². The zero-order valence-electron chi connectivity index (χ0n) is 13.0. The van der Waals surface area contributed by atoms with Gasteiger partial charge < -0.3 is 20.1 Å². The quantitative estimate of drug-likeness (QED) is 0.749. The fourth-order valence-electron chi connectivity index (χ4n) is 2.40. The number of amides is 1. The molecule has 1 aliphatic rings. The summed E-state index contributed by atoms with van der Waals surface area (Å²) in [6.45, 7) is 3.43. The third kappa shape index (κ3) is 6.22. The predicted octanol–water partition coefficient (Wildman–Crippen LogP) is 1.75. The number of carbonyl (C=O) groups excluding carboxylic acids is 1. The van der Waals surface area contributed by atoms with E-state index < -0.39 is 0 Å². The third-order valence-electron chi connectivity index (χ3n) is 3.59. The van der Waals surface area contributed by atoms with Crippen molar-refractivity contribution in [3.63, 3.8) is 0 Å². The molecule has 2 rings (SSSR count). The summed E-state index contributed by atoms with van der Waals surface area (Å²) in [7, 11) is 1.65. The number of piperidine rings is 1. The van der Waals surface area contributed by atoms with Gasteiger partial charge in [0, 0.05) is 20.2 Å². The summed E-state index contributed by atoms with van der Waals surface area (Å²) in [5, 5.41) is 6.26. The maximum Gasteiger partial charge on any atom is 0.224 e. The predicted molar refractivity (Wildman–Crippen MR) is 88.5 cm³/mol. The molecule has 0 spiro atoms. The lowest BCUT2D eigenvalue weighted by Crippen LogP contribution is -2.40. The molecule has 1 amide bonds. The van der Waals surface area contributed by atoms with Gasteiger partial charge in [0.2, 0.25) is 5.91 Å². The minimum Gasteiger partial charge on any atom is -0.491 e. The Morgan fingerprint density at radius 3 is 3.00 bits per heavy atom. The molecule has 1 unspecified atom stereocenters. The first-order valence-corrected chi connectivity index (χ1v) is 7.48. The van der Waals surface area contributed by atoms with Crippen LogP contribution in [0.25, 0.3) is 0 Å². The number of hydrogen-bond donors (Lipinski definition) is 2. The molecule has 0 bridgehead atoms. The van der Waals surface area contributed by atoms with Crippen LogP contribution in [0.3, 0.4) is 0 Å². The SMILES string of the molecule is COCCOc1cccc(CNC(=O)C2CCCNC2)c1.Cl. The second kappa shape index (κ2) is 10.4. The van der Waals surface area contributed by atoms with Crippen molar-refractivity contribution in [2.45, 2.75) is 19.4 Å². The average molecular weight is 329 g/mol. The van der Waals surface area contributed by atoms with Gasteiger partial charge in [-0.2, -0.15) is 0 Å². The standard InChI is InChI=1S/C16H24N2O3.ClH/c1-20-8-9-21-15-6-2-4-13(10-15)11-18-16(19)14-5-3-7-17-12-14;/h2,4,6,10,14,17H,3,5,7-9,11-12H2,1H3,(H,18,19);1H. The number of nitrogens with one attached hydrogen (secondary N) is 2. The summed E-state index contributed by atoms with van der Waals surface area (Å²) in [6, 6.07) is 7.79. The molecule has 0 aliphatic carbocycles. The van der Waals surface area contributed by atoms with Gasteiger partial charge in [-0.05, 0) is 37.1 Å². The zero-order valence-corrected chi connectivity index (χ0v) is 13.8. The normalized spacial score (nSPS) is 17.4. The van der Waals surface area contributed by atoms with Gasteiger partial charge in [0.05, 0.1) is 12.5 Å². The summed E-state index contributed by atoms with van der Waals surface area (Å²) in [5.41, 5.74) is 1.04. The highest BCUT2D eigenvalue weighted by molar-refractivity contribution is 5.85. The van der Waals surface area contributed by atoms with Gasteiger partial charge in [0.15, 0.2) is 0 Å². The molecule has 1 saturated heterocycles. The van der Waals surface area contributed by atoms with Crippen LogP contribution in [0, 0.1) is 5.92 Å². The number of benzene rings is 1. The molecular formula is C16H25ClN2O3. The first kappa shape index (κ1) is 18.7. The highest BCUT2D eigenvalue weighted by Crippen LogP contribution is 2.14. The van der Waals surface area contributed by atoms with E-state index in [1.54, 1.807) is 7.11 Å². The van der Waals surface area contributed by atoms with Crippen LogP contribution >= 0.6 is 12.4 Å². The van der Waals surface area contributed by atoms with Gasteiger partial charge in [0.25, 0.3) is 0 Å². The van der Waals surface area contributed by atoms with E-state index in [0.29, 0.717) is 19.8 Å². The van der Waals surface area contributed by atoms with Crippen molar-refractivity contribution in [3.05, 3.63) is 29.8 Å². The number of hydrogen-bond acceptors (Lipinski definition) is 4. The zero-order chi connectivity index (χ0) is 14.9. The average Bonchev–Trinajstić information content (AvgIpc) is 2.54. The van der Waals surface area contributed by atoms with Gasteiger partial charge in [-0.25, -0.2) is 0 Å². The van der Waals surface area contributed by atoms with Gasteiger partial charge in [0.1, 0.15) is 12.4 Å². The van der Waals surface area contributed by atoms with Crippen molar-refractivity contribution in [1.29, 1.82) is 0 Å². The third-order valence-corrected chi connectivity index (χ3v) is 3.59. The molecule has 0 aromatic heterocycles. The fourth-order valence-corrected chi connectivity index (χ4v) is 2.40. The van der Waals surface area contributed by atoms with Crippen molar-refractivity contribution < 1.29 is 14.3 Å². The van der Waals surface area contributed by atoms with Crippen LogP contribution in [-0.4, -0.2) is 39.3 Å². The van der Waals surface area contributed by atoms with Gasteiger partial charge >= 0.3 is 0 Å². The van der Waals surface area contributed by atoms with Gasteiger partial charge in [-0.1, -0.05) is 12.1 Å². The first-order valence-electron chi connectivity index (χ1n) is 7.48. The summed E-state index contributed by atoms with van der Waals surface area (Å²) in [4.78, 5) is 12.1. The van der Waals surface area contributed by atoms with Crippen LogP contribution in [0.5, 0.6) is 5.75 Å². The van der Waals surface area contributed by atoms with Crippen molar-refractivity contribution in [3.8, 4) is 5.75 Å². The van der Waals surface area contributed by atoms with E-state index in [-0.39, 0.29) is 24.2 Å². The minimum absolute atomic E-state index is 0. The second-order valence-electron chi connectivity index (χ2n) is 5.25. The number of ether oxygens (including phenoxy) is 2. The molecule has 1 aromatic carbocycles. The van der Waals surface area contributed by atoms with Crippen LogP contribution < -0.4 is 15.4 Å². The summed E-state index contributed by atoms with van der Waals surface area (Å²) in [6.07, 6.45) is 2.04. The van der Waals surface area contributed by atoms with Gasteiger partial charge in [-0.15, -0.1) is 12.4 Å². The molecule has 1 fully saturated rings. The highest BCUT2D eigenvalue weighted by atomic mass is 35.5. The fraction of sp³-hybridized carbons (Fsp3) is 0.562. The molecule has 1 atom stereocenters. The van der Waals surface area contributed by atoms with Crippen LogP contribution in [-0.2, 0) is 16.1 Å². The molecule has 6 heteroatoms. The van der Waals surface area contributed by atoms with Crippen LogP contribution in [0.1, 0.15) is 18.4 Å². The molecule has 1 aromatic rings. The lowest BCUT2D eigenvalue weighted by Gasteiger charge is -2.21. The maximum atomic E-state index is 12.1. The molecule has 1 aliphatic heterocycles. The Balaban J connectivity index is 0.00000242. The van der Waals surface area contributed by atoms with Gasteiger partial charge in [-0.3, -0.25) is 4.79 Å². The Kier molecular flexibility index (Phi) is 8.89. The monoisotopic (exact) mass is 328 g/mol. The molecular weight excluding hydrogens is 304 g/mol. The van der Waals surface area contributed by atoms with E-state index in [1.807, 2.05) is 24.3 Å². The number of halogens is 1. The van der Waals surface area contributed by atoms with E-state index in [1.165, 1.54) is 0 Å². The molecule has 5 nitrogen and oxygen atoms in total. The first-order chi connectivity index (χ1) is 10.3. The molecule has 2 N–H and O–H groups in total. The second-order valence-corrected chi connectivity index (χ2v) is 5.25. The van der Waals surface area contributed by atoms with Crippen LogP contribution in [0.4, 0.5) is 0 Å². The largest absolute Gasteiger partial charge is 0.491 e. The lowest BCUT2D eigenvalue weighted by molar-refractivity contribution is -0.125. The maximum absolute atomic E-state index is 12.1. The number of methoxy groups -OCH3 is 1. The van der Waals surface area contributed by atoms with Crippen molar-refractivity contribution in [2.24, 2.45) is 5.92 Å². The van der Waals surface area contributed by atoms with Crippen molar-refractivity contribution in [1.82, 2.24) is 10.6 Å². The Morgan fingerprint density at radius 2 is 2.27 bits per heavy atom. The van der Waals surface area contributed by atoms with E-state index >= 15 is 0 Å². The highest BCUT2D eigenvalue weighted by Gasteiger charge is 2.20. The Morgan fingerprint density at radius 1 is 1.41 bits per heavy atom. The molecule has 1 heterocycles.